The Hall–Kier alpha value is -1.88. The minimum absolute atomic E-state index is 0.110. The van der Waals surface area contributed by atoms with Crippen molar-refractivity contribution in [3.8, 4) is 0 Å². The average molecular weight is 219 g/mol. The van der Waals surface area contributed by atoms with E-state index in [2.05, 4.69) is 10.6 Å². The molecule has 1 aromatic rings. The summed E-state index contributed by atoms with van der Waals surface area (Å²) in [7, 11) is 0. The van der Waals surface area contributed by atoms with E-state index in [0.717, 1.165) is 5.56 Å². The summed E-state index contributed by atoms with van der Waals surface area (Å²) in [4.78, 5) is 22.6. The summed E-state index contributed by atoms with van der Waals surface area (Å²) in [5.41, 5.74) is 7.87. The van der Waals surface area contributed by atoms with Gasteiger partial charge in [0.05, 0.1) is 11.4 Å². The first-order valence-corrected chi connectivity index (χ1v) is 5.05. The van der Waals surface area contributed by atoms with Crippen LogP contribution in [-0.4, -0.2) is 11.8 Å². The van der Waals surface area contributed by atoms with Gasteiger partial charge in [0.15, 0.2) is 0 Å². The van der Waals surface area contributed by atoms with Crippen LogP contribution in [0.25, 0.3) is 0 Å². The zero-order valence-corrected chi connectivity index (χ0v) is 8.91. The van der Waals surface area contributed by atoms with Crippen LogP contribution in [0, 0.1) is 0 Å². The highest BCUT2D eigenvalue weighted by molar-refractivity contribution is 6.13. The average Bonchev–Trinajstić information content (AvgIpc) is 2.32. The lowest BCUT2D eigenvalue weighted by molar-refractivity contribution is -0.123. The van der Waals surface area contributed by atoms with E-state index in [9.17, 15) is 9.59 Å². The van der Waals surface area contributed by atoms with Crippen LogP contribution in [0.3, 0.4) is 0 Å². The van der Waals surface area contributed by atoms with Crippen LogP contribution in [0.4, 0.5) is 11.4 Å². The molecular weight excluding hydrogens is 206 g/mol. The molecule has 16 heavy (non-hydrogen) atoms. The standard InChI is InChI=1S/C11H13N3O2/c1-6(12)7-2-3-8-9(4-7)14-11(16)5-10(15)13-8/h2-4,6H,5,12H2,1H3,(H,13,15)(H,14,16)/t6-/m0/s1. The number of fused-ring (bicyclic) bond motifs is 1. The van der Waals surface area contributed by atoms with E-state index in [1.165, 1.54) is 0 Å². The van der Waals surface area contributed by atoms with Gasteiger partial charge in [-0.1, -0.05) is 6.07 Å². The molecule has 0 spiro atoms. The number of benzene rings is 1. The highest BCUT2D eigenvalue weighted by Gasteiger charge is 2.18. The summed E-state index contributed by atoms with van der Waals surface area (Å²) in [5.74, 6) is -0.608. The number of anilines is 2. The lowest BCUT2D eigenvalue weighted by Crippen LogP contribution is -2.16. The van der Waals surface area contributed by atoms with Crippen LogP contribution in [0.2, 0.25) is 0 Å². The van der Waals surface area contributed by atoms with Crippen LogP contribution in [0.15, 0.2) is 18.2 Å². The molecule has 0 saturated heterocycles. The largest absolute Gasteiger partial charge is 0.324 e. The number of nitrogens with one attached hydrogen (secondary N) is 2. The Morgan fingerprint density at radius 3 is 2.44 bits per heavy atom. The van der Waals surface area contributed by atoms with E-state index < -0.39 is 0 Å². The first-order chi connectivity index (χ1) is 7.56. The predicted molar refractivity (Wildman–Crippen MR) is 60.9 cm³/mol. The number of carbonyl (C=O) groups is 2. The van der Waals surface area contributed by atoms with Crippen molar-refractivity contribution in [2.45, 2.75) is 19.4 Å². The van der Waals surface area contributed by atoms with Crippen molar-refractivity contribution in [3.63, 3.8) is 0 Å². The maximum absolute atomic E-state index is 11.3. The molecule has 5 heteroatoms. The molecule has 5 nitrogen and oxygen atoms in total. The molecule has 0 unspecified atom stereocenters. The number of hydrogen-bond acceptors (Lipinski definition) is 3. The Labute approximate surface area is 93.0 Å². The number of hydrogen-bond donors (Lipinski definition) is 3. The van der Waals surface area contributed by atoms with Crippen molar-refractivity contribution >= 4 is 23.2 Å². The molecule has 0 aliphatic carbocycles. The maximum Gasteiger partial charge on any atom is 0.233 e. The summed E-state index contributed by atoms with van der Waals surface area (Å²) in [6, 6.07) is 5.25. The minimum Gasteiger partial charge on any atom is -0.324 e. The van der Waals surface area contributed by atoms with Crippen molar-refractivity contribution in [3.05, 3.63) is 23.8 Å². The number of rotatable bonds is 1. The van der Waals surface area contributed by atoms with Gasteiger partial charge in [-0.05, 0) is 24.6 Å². The summed E-state index contributed by atoms with van der Waals surface area (Å²) in [6.45, 7) is 1.86. The van der Waals surface area contributed by atoms with E-state index in [1.54, 1.807) is 12.1 Å². The van der Waals surface area contributed by atoms with E-state index in [4.69, 9.17) is 5.73 Å². The zero-order chi connectivity index (χ0) is 11.7. The number of amides is 2. The monoisotopic (exact) mass is 219 g/mol. The second-order valence-electron chi connectivity index (χ2n) is 3.87. The quantitative estimate of drug-likeness (QED) is 0.616. The van der Waals surface area contributed by atoms with Crippen LogP contribution in [0.1, 0.15) is 24.9 Å². The first kappa shape index (κ1) is 10.6. The van der Waals surface area contributed by atoms with Crippen molar-refractivity contribution in [1.29, 1.82) is 0 Å². The lowest BCUT2D eigenvalue weighted by atomic mass is 10.1. The Balaban J connectivity index is 2.42. The molecule has 0 bridgehead atoms. The van der Waals surface area contributed by atoms with Gasteiger partial charge in [-0.25, -0.2) is 0 Å². The van der Waals surface area contributed by atoms with Crippen molar-refractivity contribution < 1.29 is 9.59 Å². The highest BCUT2D eigenvalue weighted by atomic mass is 16.2. The molecule has 2 amide bonds. The molecule has 0 saturated carbocycles. The molecule has 84 valence electrons. The SMILES string of the molecule is C[C@H](N)c1ccc2c(c1)NC(=O)CC(=O)N2. The molecule has 1 atom stereocenters. The van der Waals surface area contributed by atoms with Crippen molar-refractivity contribution in [2.75, 3.05) is 10.6 Å². The van der Waals surface area contributed by atoms with Gasteiger partial charge in [0.25, 0.3) is 0 Å². The van der Waals surface area contributed by atoms with Crippen molar-refractivity contribution in [1.82, 2.24) is 0 Å². The van der Waals surface area contributed by atoms with E-state index in [1.807, 2.05) is 13.0 Å². The first-order valence-electron chi connectivity index (χ1n) is 5.05. The van der Waals surface area contributed by atoms with Crippen LogP contribution in [-0.2, 0) is 9.59 Å². The third-order valence-electron chi connectivity index (χ3n) is 2.44. The van der Waals surface area contributed by atoms with E-state index >= 15 is 0 Å². The van der Waals surface area contributed by atoms with Gasteiger partial charge in [0.2, 0.25) is 11.8 Å². The molecular formula is C11H13N3O2. The second-order valence-corrected chi connectivity index (χ2v) is 3.87. The molecule has 1 heterocycles. The van der Waals surface area contributed by atoms with E-state index in [-0.39, 0.29) is 24.3 Å². The second kappa shape index (κ2) is 3.94. The molecule has 0 aromatic heterocycles. The topological polar surface area (TPSA) is 84.2 Å². The zero-order valence-electron chi connectivity index (χ0n) is 8.91. The minimum atomic E-state index is -0.307. The summed E-state index contributed by atoms with van der Waals surface area (Å²) in [6.07, 6.45) is -0.151. The normalized spacial score (nSPS) is 16.9. The fourth-order valence-electron chi connectivity index (χ4n) is 1.59. The Morgan fingerprint density at radius 1 is 1.19 bits per heavy atom. The predicted octanol–water partition coefficient (Wildman–Crippen LogP) is 0.987. The Morgan fingerprint density at radius 2 is 1.81 bits per heavy atom. The smallest absolute Gasteiger partial charge is 0.233 e. The van der Waals surface area contributed by atoms with Gasteiger partial charge < -0.3 is 16.4 Å². The number of carbonyl (C=O) groups excluding carboxylic acids is 2. The molecule has 1 aromatic carbocycles. The molecule has 1 aliphatic rings. The fraction of sp³-hybridized carbons (Fsp3) is 0.273. The summed E-state index contributed by atoms with van der Waals surface area (Å²) in [5, 5.41) is 5.33. The van der Waals surface area contributed by atoms with Crippen molar-refractivity contribution in [2.24, 2.45) is 5.73 Å². The molecule has 4 N–H and O–H groups in total. The summed E-state index contributed by atoms with van der Waals surface area (Å²) >= 11 is 0. The van der Waals surface area contributed by atoms with Gasteiger partial charge in [-0.15, -0.1) is 0 Å². The molecule has 0 radical (unpaired) electrons. The van der Waals surface area contributed by atoms with Gasteiger partial charge in [0.1, 0.15) is 6.42 Å². The number of nitrogens with two attached hydrogens (primary N) is 1. The summed E-state index contributed by atoms with van der Waals surface area (Å²) < 4.78 is 0. The highest BCUT2D eigenvalue weighted by Crippen LogP contribution is 2.27. The Bertz CT molecular complexity index is 455. The van der Waals surface area contributed by atoms with Crippen LogP contribution in [0.5, 0.6) is 0 Å². The molecule has 0 fully saturated rings. The lowest BCUT2D eigenvalue weighted by Gasteiger charge is -2.11. The van der Waals surface area contributed by atoms with Crippen LogP contribution < -0.4 is 16.4 Å². The third kappa shape index (κ3) is 2.04. The fourth-order valence-corrected chi connectivity index (χ4v) is 1.59. The molecule has 2 rings (SSSR count). The third-order valence-corrected chi connectivity index (χ3v) is 2.44. The Kier molecular flexibility index (Phi) is 2.62. The van der Waals surface area contributed by atoms with E-state index in [0.29, 0.717) is 11.4 Å². The van der Waals surface area contributed by atoms with Gasteiger partial charge in [-0.2, -0.15) is 0 Å². The van der Waals surface area contributed by atoms with Crippen LogP contribution >= 0.6 is 0 Å². The van der Waals surface area contributed by atoms with Gasteiger partial charge >= 0.3 is 0 Å². The van der Waals surface area contributed by atoms with Gasteiger partial charge in [-0.3, -0.25) is 9.59 Å². The maximum atomic E-state index is 11.3. The van der Waals surface area contributed by atoms with Gasteiger partial charge in [0, 0.05) is 6.04 Å². The molecule has 1 aliphatic heterocycles.